The number of carbonyl (C=O) groups excluding carboxylic acids is 2. The molecule has 7 heteroatoms. The van der Waals surface area contributed by atoms with Gasteiger partial charge in [-0.2, -0.15) is 5.11 Å². The quantitative estimate of drug-likeness (QED) is 0.720. The zero-order valence-corrected chi connectivity index (χ0v) is 18.1. The van der Waals surface area contributed by atoms with Crippen LogP contribution in [0.1, 0.15) is 52.9 Å². The molecule has 0 aromatic rings. The van der Waals surface area contributed by atoms with E-state index in [4.69, 9.17) is 4.74 Å². The number of hydrogen-bond donors (Lipinski definition) is 1. The zero-order valence-electron chi connectivity index (χ0n) is 18.1. The second-order valence-electron chi connectivity index (χ2n) is 11.3. The van der Waals surface area contributed by atoms with Crippen LogP contribution in [-0.4, -0.2) is 48.4 Å². The normalized spacial score (nSPS) is 37.8. The second-order valence-corrected chi connectivity index (χ2v) is 11.3. The van der Waals surface area contributed by atoms with Crippen molar-refractivity contribution in [1.82, 2.24) is 10.2 Å². The van der Waals surface area contributed by atoms with Gasteiger partial charge < -0.3 is 15.0 Å². The number of carbonyl (C=O) groups is 2. The Hall–Kier alpha value is -2.02. The number of fused-ring (bicyclic) bond motifs is 2. The Morgan fingerprint density at radius 2 is 2.00 bits per heavy atom. The van der Waals surface area contributed by atoms with Gasteiger partial charge in [-0.3, -0.25) is 9.59 Å². The molecule has 0 radical (unpaired) electrons. The molecule has 6 rings (SSSR count). The van der Waals surface area contributed by atoms with E-state index >= 15 is 0 Å². The average molecular weight is 411 g/mol. The molecule has 0 aromatic heterocycles. The number of rotatable bonds is 1. The Morgan fingerprint density at radius 1 is 1.23 bits per heavy atom. The Kier molecular flexibility index (Phi) is 3.63. The molecular weight excluding hydrogens is 380 g/mol. The van der Waals surface area contributed by atoms with Crippen molar-refractivity contribution < 1.29 is 14.3 Å². The minimum absolute atomic E-state index is 0.0608. The first-order chi connectivity index (χ1) is 14.2. The number of dihydropyridines is 1. The van der Waals surface area contributed by atoms with Gasteiger partial charge >= 0.3 is 0 Å². The molecule has 1 unspecified atom stereocenters. The summed E-state index contributed by atoms with van der Waals surface area (Å²) in [6.07, 6.45) is 4.17. The van der Waals surface area contributed by atoms with E-state index in [1.165, 1.54) is 0 Å². The third-order valence-electron chi connectivity index (χ3n) is 8.13. The molecule has 6 aliphatic rings. The summed E-state index contributed by atoms with van der Waals surface area (Å²) in [7, 11) is 0. The van der Waals surface area contributed by atoms with Crippen molar-refractivity contribution in [3.05, 3.63) is 22.7 Å². The number of hydrogen-bond acceptors (Lipinski definition) is 6. The van der Waals surface area contributed by atoms with E-state index in [0.717, 1.165) is 48.3 Å². The first kappa shape index (κ1) is 18.7. The summed E-state index contributed by atoms with van der Waals surface area (Å²) in [6.45, 7) is 8.80. The SMILES string of the molecule is CC1CC(C(=O)N2CC3(C2)CC2(CO3)C3=C(N=NC3)NC3=C2C(=O)CC(C)(C)C3)C1. The fourth-order valence-corrected chi connectivity index (χ4v) is 6.72. The molecular formula is C23H30N4O3. The van der Waals surface area contributed by atoms with E-state index < -0.39 is 5.41 Å². The molecule has 4 heterocycles. The fourth-order valence-electron chi connectivity index (χ4n) is 6.72. The Bertz CT molecular complexity index is 949. The molecule has 0 aromatic carbocycles. The molecule has 160 valence electrons. The number of nitrogens with one attached hydrogen (secondary N) is 1. The lowest BCUT2D eigenvalue weighted by Gasteiger charge is -2.50. The van der Waals surface area contributed by atoms with Crippen molar-refractivity contribution in [3.63, 3.8) is 0 Å². The van der Waals surface area contributed by atoms with Crippen LogP contribution in [0, 0.1) is 22.7 Å². The van der Waals surface area contributed by atoms with Gasteiger partial charge in [-0.1, -0.05) is 20.8 Å². The average Bonchev–Trinajstić information content (AvgIpc) is 3.21. The largest absolute Gasteiger partial charge is 0.370 e. The number of amides is 1. The molecule has 3 fully saturated rings. The monoisotopic (exact) mass is 410 g/mol. The van der Waals surface area contributed by atoms with E-state index in [9.17, 15) is 9.59 Å². The van der Waals surface area contributed by atoms with Crippen LogP contribution in [0.2, 0.25) is 0 Å². The number of azo groups is 1. The van der Waals surface area contributed by atoms with Gasteiger partial charge in [-0.15, -0.1) is 5.11 Å². The van der Waals surface area contributed by atoms with Crippen molar-refractivity contribution in [3.8, 4) is 0 Å². The smallest absolute Gasteiger partial charge is 0.225 e. The summed E-state index contributed by atoms with van der Waals surface area (Å²) in [5.41, 5.74) is 2.18. The molecule has 1 amide bonds. The maximum atomic E-state index is 13.3. The summed E-state index contributed by atoms with van der Waals surface area (Å²) < 4.78 is 6.43. The molecule has 7 nitrogen and oxygen atoms in total. The van der Waals surface area contributed by atoms with Crippen molar-refractivity contribution in [1.29, 1.82) is 0 Å². The van der Waals surface area contributed by atoms with Crippen molar-refractivity contribution in [2.45, 2.75) is 58.5 Å². The minimum atomic E-state index is -0.437. The highest BCUT2D eigenvalue weighted by molar-refractivity contribution is 6.00. The van der Waals surface area contributed by atoms with Crippen molar-refractivity contribution in [2.24, 2.45) is 32.9 Å². The first-order valence-corrected chi connectivity index (χ1v) is 11.3. The molecule has 2 aliphatic carbocycles. The maximum absolute atomic E-state index is 13.3. The third kappa shape index (κ3) is 2.47. The predicted molar refractivity (Wildman–Crippen MR) is 109 cm³/mol. The Labute approximate surface area is 177 Å². The van der Waals surface area contributed by atoms with E-state index in [-0.39, 0.29) is 28.6 Å². The van der Waals surface area contributed by atoms with Gasteiger partial charge in [-0.05, 0) is 37.0 Å². The van der Waals surface area contributed by atoms with Gasteiger partial charge in [0.1, 0.15) is 5.60 Å². The van der Waals surface area contributed by atoms with Crippen LogP contribution in [-0.2, 0) is 14.3 Å². The summed E-state index contributed by atoms with van der Waals surface area (Å²) >= 11 is 0. The minimum Gasteiger partial charge on any atom is -0.370 e. The number of nitrogens with zero attached hydrogens (tertiary/aromatic N) is 3. The summed E-state index contributed by atoms with van der Waals surface area (Å²) in [4.78, 5) is 28.1. The van der Waals surface area contributed by atoms with Gasteiger partial charge in [0.05, 0.1) is 31.7 Å². The molecule has 1 N–H and O–H groups in total. The number of allylic oxidation sites excluding steroid dienone is 1. The van der Waals surface area contributed by atoms with Gasteiger partial charge in [-0.25, -0.2) is 0 Å². The van der Waals surface area contributed by atoms with E-state index in [1.807, 2.05) is 4.90 Å². The fraction of sp³-hybridized carbons (Fsp3) is 0.739. The summed E-state index contributed by atoms with van der Waals surface area (Å²) in [5.74, 6) is 2.20. The van der Waals surface area contributed by atoms with Crippen LogP contribution in [0.4, 0.5) is 0 Å². The van der Waals surface area contributed by atoms with Crippen molar-refractivity contribution in [2.75, 3.05) is 26.2 Å². The molecule has 0 bridgehead atoms. The highest BCUT2D eigenvalue weighted by atomic mass is 16.5. The lowest BCUT2D eigenvalue weighted by molar-refractivity contribution is -0.165. The lowest BCUT2D eigenvalue weighted by Crippen LogP contribution is -2.65. The van der Waals surface area contributed by atoms with Crippen LogP contribution < -0.4 is 5.32 Å². The highest BCUT2D eigenvalue weighted by Gasteiger charge is 2.63. The van der Waals surface area contributed by atoms with Gasteiger partial charge in [0, 0.05) is 29.2 Å². The molecule has 2 spiro atoms. The summed E-state index contributed by atoms with van der Waals surface area (Å²) in [5, 5.41) is 12.1. The maximum Gasteiger partial charge on any atom is 0.225 e. The molecule has 1 saturated carbocycles. The van der Waals surface area contributed by atoms with Gasteiger partial charge in [0.2, 0.25) is 5.91 Å². The topological polar surface area (TPSA) is 83.4 Å². The van der Waals surface area contributed by atoms with Gasteiger partial charge in [0.25, 0.3) is 0 Å². The Balaban J connectivity index is 1.29. The molecule has 2 saturated heterocycles. The van der Waals surface area contributed by atoms with E-state index in [2.05, 4.69) is 36.3 Å². The third-order valence-corrected chi connectivity index (χ3v) is 8.13. The zero-order chi connectivity index (χ0) is 20.9. The number of ether oxygens (including phenoxy) is 1. The van der Waals surface area contributed by atoms with Crippen LogP contribution in [0.25, 0.3) is 0 Å². The predicted octanol–water partition coefficient (Wildman–Crippen LogP) is 2.94. The standard InChI is InChI=1S/C23H30N4O3/c1-13-4-14(5-13)20(29)27-10-22(11-27)9-23(12-30-22)15-8-24-26-19(15)25-16-6-21(2,3)7-17(28)18(16)23/h13-14,25H,4-12H2,1-3H3. The number of likely N-dealkylation sites (tertiary alicyclic amines) is 1. The first-order valence-electron chi connectivity index (χ1n) is 11.3. The van der Waals surface area contributed by atoms with Crippen LogP contribution in [0.5, 0.6) is 0 Å². The van der Waals surface area contributed by atoms with Crippen LogP contribution >= 0.6 is 0 Å². The molecule has 30 heavy (non-hydrogen) atoms. The van der Waals surface area contributed by atoms with Crippen molar-refractivity contribution >= 4 is 11.7 Å². The van der Waals surface area contributed by atoms with E-state index in [1.54, 1.807) is 0 Å². The number of ketones is 1. The number of Topliss-reactive ketones (excluding diaryl/α,β-unsaturated/α-hetero) is 1. The van der Waals surface area contributed by atoms with Crippen LogP contribution in [0.15, 0.2) is 32.9 Å². The van der Waals surface area contributed by atoms with Gasteiger partial charge in [0.15, 0.2) is 11.6 Å². The molecule has 1 atom stereocenters. The van der Waals surface area contributed by atoms with E-state index in [0.29, 0.717) is 38.6 Å². The van der Waals surface area contributed by atoms with Crippen LogP contribution in [0.3, 0.4) is 0 Å². The lowest BCUT2D eigenvalue weighted by atomic mass is 9.61. The second kappa shape index (κ2) is 5.81. The molecule has 4 aliphatic heterocycles. The summed E-state index contributed by atoms with van der Waals surface area (Å²) in [6, 6.07) is 0. The highest BCUT2D eigenvalue weighted by Crippen LogP contribution is 2.58. The Morgan fingerprint density at radius 3 is 2.73 bits per heavy atom.